The Labute approximate surface area is 140 Å². The molecule has 1 atom stereocenters. The van der Waals surface area contributed by atoms with Crippen LogP contribution in [0.25, 0.3) is 0 Å². The molecule has 1 N–H and O–H groups in total. The molecule has 1 fully saturated rings. The summed E-state index contributed by atoms with van der Waals surface area (Å²) in [5.41, 5.74) is -0.586. The fourth-order valence-electron chi connectivity index (χ4n) is 2.38. The standard InChI is InChI=1S/C15H26F3N3O3/c1-14(2,3)24-13(23)21-8-5-6-11(7-9-21)19-12(22)20(4)10-15(16,17)18/h11H,5-10H2,1-4H3,(H,19,22). The molecule has 1 saturated heterocycles. The number of likely N-dealkylation sites (tertiary alicyclic amines) is 1. The number of carbonyl (C=O) groups is 2. The Morgan fingerprint density at radius 1 is 1.21 bits per heavy atom. The molecule has 0 aromatic rings. The van der Waals surface area contributed by atoms with Gasteiger partial charge in [-0.1, -0.05) is 0 Å². The van der Waals surface area contributed by atoms with Crippen LogP contribution in [-0.4, -0.2) is 66.4 Å². The number of alkyl halides is 3. The fourth-order valence-corrected chi connectivity index (χ4v) is 2.38. The van der Waals surface area contributed by atoms with Crippen LogP contribution < -0.4 is 5.32 Å². The number of hydrogen-bond donors (Lipinski definition) is 1. The Bertz CT molecular complexity index is 449. The Morgan fingerprint density at radius 3 is 2.38 bits per heavy atom. The van der Waals surface area contributed by atoms with Gasteiger partial charge in [0.2, 0.25) is 0 Å². The molecular weight excluding hydrogens is 327 g/mol. The summed E-state index contributed by atoms with van der Waals surface area (Å²) < 4.78 is 42.2. The maximum absolute atomic E-state index is 12.3. The molecule has 0 bridgehead atoms. The lowest BCUT2D eigenvalue weighted by Gasteiger charge is -2.26. The number of urea groups is 1. The Morgan fingerprint density at radius 2 is 1.83 bits per heavy atom. The van der Waals surface area contributed by atoms with Crippen LogP contribution in [0.2, 0.25) is 0 Å². The number of carbonyl (C=O) groups excluding carboxylic acids is 2. The van der Waals surface area contributed by atoms with E-state index in [0.717, 1.165) is 7.05 Å². The molecule has 0 saturated carbocycles. The maximum Gasteiger partial charge on any atom is 0.410 e. The van der Waals surface area contributed by atoms with Crippen LogP contribution >= 0.6 is 0 Å². The second-order valence-electron chi connectivity index (χ2n) is 7.02. The Kier molecular flexibility index (Phi) is 6.74. The molecule has 0 spiro atoms. The number of hydrogen-bond acceptors (Lipinski definition) is 3. The van der Waals surface area contributed by atoms with Crippen molar-refractivity contribution in [3.05, 3.63) is 0 Å². The van der Waals surface area contributed by atoms with Crippen molar-refractivity contribution in [1.82, 2.24) is 15.1 Å². The van der Waals surface area contributed by atoms with Crippen molar-refractivity contribution in [3.8, 4) is 0 Å². The molecule has 0 aromatic carbocycles. The average Bonchev–Trinajstić information content (AvgIpc) is 2.60. The first-order valence-corrected chi connectivity index (χ1v) is 7.94. The molecule has 3 amide bonds. The highest BCUT2D eigenvalue weighted by atomic mass is 19.4. The third-order valence-electron chi connectivity index (χ3n) is 3.47. The van der Waals surface area contributed by atoms with E-state index in [1.807, 2.05) is 0 Å². The molecule has 1 heterocycles. The second-order valence-corrected chi connectivity index (χ2v) is 7.02. The van der Waals surface area contributed by atoms with E-state index in [1.165, 1.54) is 0 Å². The summed E-state index contributed by atoms with van der Waals surface area (Å²) in [6, 6.07) is -1.02. The van der Waals surface area contributed by atoms with Gasteiger partial charge in [0.25, 0.3) is 0 Å². The number of amides is 3. The smallest absolute Gasteiger partial charge is 0.410 e. The van der Waals surface area contributed by atoms with E-state index in [0.29, 0.717) is 37.3 Å². The minimum atomic E-state index is -4.43. The van der Waals surface area contributed by atoms with Gasteiger partial charge in [0.15, 0.2) is 0 Å². The van der Waals surface area contributed by atoms with E-state index in [-0.39, 0.29) is 6.04 Å². The number of nitrogens with one attached hydrogen (secondary N) is 1. The van der Waals surface area contributed by atoms with Gasteiger partial charge in [0.05, 0.1) is 0 Å². The van der Waals surface area contributed by atoms with Gasteiger partial charge in [0.1, 0.15) is 12.1 Å². The van der Waals surface area contributed by atoms with Crippen LogP contribution in [0.3, 0.4) is 0 Å². The van der Waals surface area contributed by atoms with Gasteiger partial charge >= 0.3 is 18.3 Å². The van der Waals surface area contributed by atoms with Crippen molar-refractivity contribution < 1.29 is 27.5 Å². The van der Waals surface area contributed by atoms with Crippen LogP contribution in [-0.2, 0) is 4.74 Å². The Hall–Kier alpha value is -1.67. The summed E-state index contributed by atoms with van der Waals surface area (Å²) in [7, 11) is 1.10. The first-order valence-electron chi connectivity index (χ1n) is 7.94. The third kappa shape index (κ3) is 7.74. The van der Waals surface area contributed by atoms with Crippen molar-refractivity contribution in [1.29, 1.82) is 0 Å². The summed E-state index contributed by atoms with van der Waals surface area (Å²) in [4.78, 5) is 26.0. The largest absolute Gasteiger partial charge is 0.444 e. The van der Waals surface area contributed by atoms with Crippen LogP contribution in [0.15, 0.2) is 0 Å². The van der Waals surface area contributed by atoms with Crippen molar-refractivity contribution >= 4 is 12.1 Å². The minimum absolute atomic E-state index is 0.263. The van der Waals surface area contributed by atoms with Crippen LogP contribution in [0.4, 0.5) is 22.8 Å². The van der Waals surface area contributed by atoms with Gasteiger partial charge in [-0.25, -0.2) is 9.59 Å². The van der Waals surface area contributed by atoms with E-state index in [9.17, 15) is 22.8 Å². The van der Waals surface area contributed by atoms with Gasteiger partial charge < -0.3 is 19.9 Å². The van der Waals surface area contributed by atoms with Gasteiger partial charge in [-0.15, -0.1) is 0 Å². The lowest BCUT2D eigenvalue weighted by atomic mass is 10.1. The quantitative estimate of drug-likeness (QED) is 0.830. The molecule has 1 unspecified atom stereocenters. The highest BCUT2D eigenvalue weighted by Crippen LogP contribution is 2.17. The lowest BCUT2D eigenvalue weighted by molar-refractivity contribution is -0.137. The topological polar surface area (TPSA) is 61.9 Å². The zero-order chi connectivity index (χ0) is 18.5. The van der Waals surface area contributed by atoms with Gasteiger partial charge in [-0.2, -0.15) is 13.2 Å². The van der Waals surface area contributed by atoms with Gasteiger partial charge in [0, 0.05) is 26.2 Å². The first-order chi connectivity index (χ1) is 10.9. The first kappa shape index (κ1) is 20.4. The van der Waals surface area contributed by atoms with Crippen molar-refractivity contribution in [2.24, 2.45) is 0 Å². The van der Waals surface area contributed by atoms with E-state index >= 15 is 0 Å². The average molecular weight is 353 g/mol. The number of halogens is 3. The summed E-state index contributed by atoms with van der Waals surface area (Å²) in [6.45, 7) is 4.94. The van der Waals surface area contributed by atoms with E-state index in [4.69, 9.17) is 4.74 Å². The minimum Gasteiger partial charge on any atom is -0.444 e. The van der Waals surface area contributed by atoms with E-state index in [2.05, 4.69) is 5.32 Å². The maximum atomic E-state index is 12.3. The molecule has 6 nitrogen and oxygen atoms in total. The predicted octanol–water partition coefficient (Wildman–Crippen LogP) is 2.98. The Balaban J connectivity index is 2.48. The predicted molar refractivity (Wildman–Crippen MR) is 82.7 cm³/mol. The third-order valence-corrected chi connectivity index (χ3v) is 3.47. The summed E-state index contributed by atoms with van der Waals surface area (Å²) in [5, 5.41) is 2.60. The molecule has 1 aliphatic heterocycles. The molecule has 140 valence electrons. The number of nitrogens with zero attached hydrogens (tertiary/aromatic N) is 2. The highest BCUT2D eigenvalue weighted by molar-refractivity contribution is 5.74. The summed E-state index contributed by atoms with van der Waals surface area (Å²) in [6.07, 6.45) is -3.12. The summed E-state index contributed by atoms with van der Waals surface area (Å²) >= 11 is 0. The van der Waals surface area contributed by atoms with Crippen molar-refractivity contribution in [2.45, 2.75) is 57.9 Å². The summed E-state index contributed by atoms with van der Waals surface area (Å²) in [5.74, 6) is 0. The van der Waals surface area contributed by atoms with Crippen LogP contribution in [0, 0.1) is 0 Å². The molecule has 1 rings (SSSR count). The van der Waals surface area contributed by atoms with Crippen LogP contribution in [0.1, 0.15) is 40.0 Å². The fraction of sp³-hybridized carbons (Fsp3) is 0.867. The monoisotopic (exact) mass is 353 g/mol. The molecular formula is C15H26F3N3O3. The van der Waals surface area contributed by atoms with Crippen LogP contribution in [0.5, 0.6) is 0 Å². The van der Waals surface area contributed by atoms with Gasteiger partial charge in [-0.3, -0.25) is 0 Å². The zero-order valence-electron chi connectivity index (χ0n) is 14.6. The molecule has 9 heteroatoms. The second kappa shape index (κ2) is 7.94. The SMILES string of the molecule is CN(CC(F)(F)F)C(=O)NC1CCCN(C(=O)OC(C)(C)C)CC1. The normalized spacial score (nSPS) is 19.5. The number of rotatable bonds is 2. The lowest BCUT2D eigenvalue weighted by Crippen LogP contribution is -2.46. The molecule has 24 heavy (non-hydrogen) atoms. The van der Waals surface area contributed by atoms with Crippen molar-refractivity contribution in [2.75, 3.05) is 26.7 Å². The molecule has 1 aliphatic rings. The zero-order valence-corrected chi connectivity index (χ0v) is 14.6. The number of ether oxygens (including phenoxy) is 1. The van der Waals surface area contributed by atoms with E-state index in [1.54, 1.807) is 25.7 Å². The molecule has 0 radical (unpaired) electrons. The van der Waals surface area contributed by atoms with Gasteiger partial charge in [-0.05, 0) is 40.0 Å². The van der Waals surface area contributed by atoms with E-state index < -0.39 is 30.4 Å². The molecule has 0 aromatic heterocycles. The highest BCUT2D eigenvalue weighted by Gasteiger charge is 2.32. The molecule has 0 aliphatic carbocycles. The van der Waals surface area contributed by atoms with Crippen molar-refractivity contribution in [3.63, 3.8) is 0 Å².